The Kier molecular flexibility index (Phi) is 10.1. The predicted molar refractivity (Wildman–Crippen MR) is 176 cm³/mol. The maximum atomic E-state index is 13.8. The highest BCUT2D eigenvalue weighted by Crippen LogP contribution is 2.40. The zero-order chi connectivity index (χ0) is 33.5. The molecule has 0 amide bonds. The van der Waals surface area contributed by atoms with Gasteiger partial charge in [-0.25, -0.2) is 13.2 Å². The Bertz CT molecular complexity index is 1900. The molecule has 2 aromatic carbocycles. The Labute approximate surface area is 287 Å². The van der Waals surface area contributed by atoms with Crippen molar-refractivity contribution < 1.29 is 40.9 Å². The number of carbonyl (C=O) groups is 1. The third-order valence-electron chi connectivity index (χ3n) is 7.70. The molecule has 2 aromatic heterocycles. The average Bonchev–Trinajstić information content (AvgIpc) is 3.50. The van der Waals surface area contributed by atoms with Crippen LogP contribution in [0.15, 0.2) is 59.1 Å². The van der Waals surface area contributed by atoms with Gasteiger partial charge in [0, 0.05) is 29.0 Å². The molecule has 2 aliphatic rings. The van der Waals surface area contributed by atoms with Crippen molar-refractivity contribution in [1.82, 2.24) is 4.31 Å². The second kappa shape index (κ2) is 13.9. The summed E-state index contributed by atoms with van der Waals surface area (Å²) in [5, 5.41) is 11.5. The first kappa shape index (κ1) is 34.0. The fourth-order valence-electron chi connectivity index (χ4n) is 5.13. The third kappa shape index (κ3) is 7.73. The van der Waals surface area contributed by atoms with Crippen molar-refractivity contribution >= 4 is 72.4 Å². The quantitative estimate of drug-likeness (QED) is 0.0857. The minimum absolute atomic E-state index is 0.0100. The molecule has 3 heterocycles. The fourth-order valence-corrected chi connectivity index (χ4v) is 10.3. The lowest BCUT2D eigenvalue weighted by molar-refractivity contribution is -0.605. The van der Waals surface area contributed by atoms with Crippen LogP contribution in [0.25, 0.3) is 10.1 Å². The highest BCUT2D eigenvalue weighted by atomic mass is 35.5. The molecule has 47 heavy (non-hydrogen) atoms. The molecule has 1 aliphatic heterocycles. The van der Waals surface area contributed by atoms with Crippen LogP contribution in [0.5, 0.6) is 11.5 Å². The van der Waals surface area contributed by atoms with Gasteiger partial charge < -0.3 is 19.4 Å². The minimum Gasteiger partial charge on any atom is -0.619 e. The number of carbonyl (C=O) groups excluding carboxylic acids is 1. The van der Waals surface area contributed by atoms with Crippen molar-refractivity contribution in [2.45, 2.75) is 48.5 Å². The van der Waals surface area contributed by atoms with Crippen molar-refractivity contribution in [3.8, 4) is 11.5 Å². The molecular formula is C31H28Cl2F2N2O7S3. The zero-order valence-corrected chi connectivity index (χ0v) is 28.7. The number of thiophene rings is 1. The number of thioether (sulfide) groups is 1. The lowest BCUT2D eigenvalue weighted by Crippen LogP contribution is -2.40. The molecule has 0 N–H and O–H groups in total. The van der Waals surface area contributed by atoms with E-state index in [0.717, 1.165) is 68.3 Å². The second-order valence-corrected chi connectivity index (χ2v) is 16.4. The van der Waals surface area contributed by atoms with Gasteiger partial charge in [-0.05, 0) is 60.9 Å². The predicted octanol–water partition coefficient (Wildman–Crippen LogP) is 7.13. The Morgan fingerprint density at radius 1 is 1.11 bits per heavy atom. The molecule has 2 fully saturated rings. The first-order valence-corrected chi connectivity index (χ1v) is 18.6. The summed E-state index contributed by atoms with van der Waals surface area (Å²) in [6, 6.07) is 11.4. The number of ether oxygens (including phenoxy) is 3. The number of aryl methyl sites for hydroxylation is 1. The number of hydrogen-bond acceptors (Lipinski definition) is 9. The number of esters is 1. The smallest absolute Gasteiger partial charge is 0.387 e. The first-order chi connectivity index (χ1) is 22.4. The lowest BCUT2D eigenvalue weighted by Gasteiger charge is -2.25. The number of halogens is 4. The standard InChI is InChI=1S/C31H28Cl2F2N2O7S3/c1-17-2-7-27-20(10-17)12-28(46-27)47(40,41)37-8-9-45-29(37)30(38)43-25(13-21-22(32)14-36(39)15-23(21)33)19-5-6-24(44-31(34)35)26(11-19)42-16-18-3-4-18/h2,5-7,10-12,14-15,18,25,29,31H,3-4,8-9,13,16H2,1H3. The molecule has 0 bridgehead atoms. The number of nitrogens with zero attached hydrogens (tertiary/aromatic N) is 2. The molecule has 1 saturated carbocycles. The van der Waals surface area contributed by atoms with Crippen LogP contribution in [0.4, 0.5) is 8.78 Å². The van der Waals surface area contributed by atoms with E-state index in [0.29, 0.717) is 22.0 Å². The van der Waals surface area contributed by atoms with Gasteiger partial charge in [-0.15, -0.1) is 23.1 Å². The van der Waals surface area contributed by atoms with Gasteiger partial charge in [0.1, 0.15) is 20.4 Å². The van der Waals surface area contributed by atoms with Gasteiger partial charge in [0.05, 0.1) is 6.61 Å². The number of rotatable bonds is 12. The van der Waals surface area contributed by atoms with Crippen LogP contribution in [0.3, 0.4) is 0 Å². The SMILES string of the molecule is Cc1ccc2sc(S(=O)(=O)N3CCSC3C(=O)OC(Cc3c(Cl)c[n+]([O-])cc3Cl)c3ccc(OC(F)F)c(OCC4CC4)c3)cc2c1. The number of fused-ring (bicyclic) bond motifs is 1. The first-order valence-electron chi connectivity index (χ1n) is 14.5. The Morgan fingerprint density at radius 2 is 1.85 bits per heavy atom. The van der Waals surface area contributed by atoms with Crippen molar-refractivity contribution in [3.05, 3.63) is 86.8 Å². The van der Waals surface area contributed by atoms with E-state index < -0.39 is 34.1 Å². The molecule has 2 unspecified atom stereocenters. The number of hydrogen-bond donors (Lipinski definition) is 0. The summed E-state index contributed by atoms with van der Waals surface area (Å²) >= 11 is 15.0. The summed E-state index contributed by atoms with van der Waals surface area (Å²) in [5.74, 6) is -0.359. The van der Waals surface area contributed by atoms with Gasteiger partial charge in [-0.2, -0.15) is 17.8 Å². The summed E-state index contributed by atoms with van der Waals surface area (Å²) in [4.78, 5) is 13.8. The second-order valence-electron chi connectivity index (χ2n) is 11.2. The molecule has 9 nitrogen and oxygen atoms in total. The normalized spacial score (nSPS) is 17.7. The summed E-state index contributed by atoms with van der Waals surface area (Å²) in [6.45, 7) is -0.809. The number of benzene rings is 2. The Morgan fingerprint density at radius 3 is 2.55 bits per heavy atom. The van der Waals surface area contributed by atoms with E-state index in [4.69, 9.17) is 32.7 Å². The molecule has 16 heteroatoms. The van der Waals surface area contributed by atoms with Gasteiger partial charge in [0.15, 0.2) is 29.3 Å². The molecule has 4 aromatic rings. The molecule has 250 valence electrons. The topological polar surface area (TPSA) is 109 Å². The molecule has 0 radical (unpaired) electrons. The number of pyridine rings is 1. The van der Waals surface area contributed by atoms with Crippen LogP contribution in [-0.4, -0.2) is 49.6 Å². The van der Waals surface area contributed by atoms with E-state index in [9.17, 15) is 27.2 Å². The number of aromatic nitrogens is 1. The molecule has 1 aliphatic carbocycles. The fraction of sp³-hybridized carbons (Fsp3) is 0.355. The highest BCUT2D eigenvalue weighted by molar-refractivity contribution is 8.02. The lowest BCUT2D eigenvalue weighted by atomic mass is 10.0. The molecule has 1 saturated heterocycles. The molecule has 2 atom stereocenters. The summed E-state index contributed by atoms with van der Waals surface area (Å²) in [7, 11) is -4.08. The van der Waals surface area contributed by atoms with Crippen LogP contribution in [0.2, 0.25) is 10.0 Å². The van der Waals surface area contributed by atoms with E-state index in [2.05, 4.69) is 4.74 Å². The van der Waals surface area contributed by atoms with Crippen molar-refractivity contribution in [2.75, 3.05) is 18.9 Å². The average molecular weight is 746 g/mol. The van der Waals surface area contributed by atoms with Gasteiger partial charge in [0.25, 0.3) is 10.0 Å². The van der Waals surface area contributed by atoms with E-state index in [1.165, 1.54) is 18.2 Å². The number of alkyl halides is 2. The van der Waals surface area contributed by atoms with Crippen LogP contribution < -0.4 is 14.2 Å². The van der Waals surface area contributed by atoms with Gasteiger partial charge in [-0.1, -0.05) is 47.0 Å². The monoisotopic (exact) mass is 744 g/mol. The highest BCUT2D eigenvalue weighted by Gasteiger charge is 2.43. The van der Waals surface area contributed by atoms with Crippen LogP contribution in [0, 0.1) is 18.0 Å². The maximum absolute atomic E-state index is 13.8. The van der Waals surface area contributed by atoms with Gasteiger partial charge in [-0.3, -0.25) is 0 Å². The maximum Gasteiger partial charge on any atom is 0.387 e. The summed E-state index contributed by atoms with van der Waals surface area (Å²) in [6.07, 6.45) is 2.84. The Hall–Kier alpha value is -2.88. The minimum atomic E-state index is -4.08. The molecule has 0 spiro atoms. The van der Waals surface area contributed by atoms with Crippen LogP contribution in [0.1, 0.15) is 35.6 Å². The summed E-state index contributed by atoms with van der Waals surface area (Å²) < 4.78 is 73.0. The van der Waals surface area contributed by atoms with Crippen molar-refractivity contribution in [3.63, 3.8) is 0 Å². The van der Waals surface area contributed by atoms with E-state index in [1.807, 2.05) is 25.1 Å². The largest absolute Gasteiger partial charge is 0.619 e. The zero-order valence-electron chi connectivity index (χ0n) is 24.7. The van der Waals surface area contributed by atoms with E-state index in [-0.39, 0.29) is 50.9 Å². The van der Waals surface area contributed by atoms with Crippen LogP contribution >= 0.6 is 46.3 Å². The summed E-state index contributed by atoms with van der Waals surface area (Å²) in [5.41, 5.74) is 1.60. The van der Waals surface area contributed by atoms with Gasteiger partial charge in [0.2, 0.25) is 0 Å². The van der Waals surface area contributed by atoms with Crippen molar-refractivity contribution in [2.24, 2.45) is 5.92 Å². The van der Waals surface area contributed by atoms with Crippen LogP contribution in [-0.2, 0) is 26.0 Å². The Balaban J connectivity index is 1.32. The number of sulfonamides is 1. The van der Waals surface area contributed by atoms with E-state index in [1.54, 1.807) is 6.07 Å². The molecule has 6 rings (SSSR count). The van der Waals surface area contributed by atoms with E-state index >= 15 is 0 Å². The third-order valence-corrected chi connectivity index (χ3v) is 13.1. The molecular weight excluding hydrogens is 717 g/mol. The van der Waals surface area contributed by atoms with Gasteiger partial charge >= 0.3 is 12.6 Å². The van der Waals surface area contributed by atoms with Crippen molar-refractivity contribution in [1.29, 1.82) is 0 Å².